The van der Waals surface area contributed by atoms with Crippen molar-refractivity contribution in [3.63, 3.8) is 0 Å². The fourth-order valence-electron chi connectivity index (χ4n) is 4.29. The fraction of sp³-hybridized carbons (Fsp3) is 0.933. The Morgan fingerprint density at radius 2 is 1.86 bits per heavy atom. The van der Waals surface area contributed by atoms with E-state index in [1.165, 1.54) is 4.31 Å². The molecular formula is C15H25NO5S. The monoisotopic (exact) mass is 331 g/mol. The van der Waals surface area contributed by atoms with Crippen molar-refractivity contribution < 1.29 is 23.1 Å². The summed E-state index contributed by atoms with van der Waals surface area (Å²) in [6.45, 7) is 0.606. The van der Waals surface area contributed by atoms with Gasteiger partial charge in [-0.05, 0) is 44.4 Å². The molecule has 2 saturated heterocycles. The largest absolute Gasteiger partial charge is 0.480 e. The first-order valence-corrected chi connectivity index (χ1v) is 9.95. The molecule has 0 aromatic heterocycles. The number of hydrogen-bond donors (Lipinski definition) is 1. The fourth-order valence-corrected chi connectivity index (χ4v) is 6.45. The molecule has 3 fully saturated rings. The van der Waals surface area contributed by atoms with Gasteiger partial charge in [0.2, 0.25) is 10.0 Å². The highest BCUT2D eigenvalue weighted by Gasteiger charge is 2.51. The summed E-state index contributed by atoms with van der Waals surface area (Å²) < 4.78 is 32.6. The number of aliphatic carboxylic acids is 1. The summed E-state index contributed by atoms with van der Waals surface area (Å²) >= 11 is 0. The van der Waals surface area contributed by atoms with Gasteiger partial charge >= 0.3 is 5.97 Å². The Balaban J connectivity index is 1.80. The van der Waals surface area contributed by atoms with Gasteiger partial charge in [-0.1, -0.05) is 12.8 Å². The highest BCUT2D eigenvalue weighted by molar-refractivity contribution is 7.89. The van der Waals surface area contributed by atoms with E-state index in [4.69, 9.17) is 4.74 Å². The Labute approximate surface area is 131 Å². The summed E-state index contributed by atoms with van der Waals surface area (Å²) in [6.07, 6.45) is 6.68. The molecule has 0 radical (unpaired) electrons. The maximum absolute atomic E-state index is 12.9. The Morgan fingerprint density at radius 1 is 1.14 bits per heavy atom. The van der Waals surface area contributed by atoms with Gasteiger partial charge < -0.3 is 9.84 Å². The zero-order valence-corrected chi connectivity index (χ0v) is 13.6. The van der Waals surface area contributed by atoms with Gasteiger partial charge in [-0.15, -0.1) is 0 Å². The standard InChI is InChI=1S/C15H25NO5S/c17-15(18)14-9-11-5-1-2-7-13(11)16(14)22(19,20)10-12-6-3-4-8-21-12/h11-14H,1-10H2,(H,17,18). The Hall–Kier alpha value is -0.660. The van der Waals surface area contributed by atoms with E-state index in [1.54, 1.807) is 0 Å². The maximum atomic E-state index is 12.9. The minimum Gasteiger partial charge on any atom is -0.480 e. The number of hydrogen-bond acceptors (Lipinski definition) is 4. The predicted molar refractivity (Wildman–Crippen MR) is 81.0 cm³/mol. The van der Waals surface area contributed by atoms with Crippen LogP contribution in [0.5, 0.6) is 0 Å². The van der Waals surface area contributed by atoms with E-state index < -0.39 is 22.0 Å². The highest BCUT2D eigenvalue weighted by Crippen LogP contribution is 2.41. The second-order valence-electron chi connectivity index (χ2n) is 6.80. The Kier molecular flexibility index (Phi) is 4.75. The minimum atomic E-state index is -3.60. The lowest BCUT2D eigenvalue weighted by Gasteiger charge is -2.33. The lowest BCUT2D eigenvalue weighted by atomic mass is 9.85. The van der Waals surface area contributed by atoms with Crippen LogP contribution in [0.1, 0.15) is 51.4 Å². The molecule has 7 heteroatoms. The molecule has 126 valence electrons. The first-order chi connectivity index (χ1) is 10.5. The van der Waals surface area contributed by atoms with Crippen molar-refractivity contribution in [2.45, 2.75) is 69.6 Å². The van der Waals surface area contributed by atoms with Crippen molar-refractivity contribution in [3.8, 4) is 0 Å². The molecule has 4 unspecified atom stereocenters. The molecule has 3 aliphatic rings. The summed E-state index contributed by atoms with van der Waals surface area (Å²) in [5, 5.41) is 9.46. The van der Waals surface area contributed by atoms with Crippen LogP contribution >= 0.6 is 0 Å². The third kappa shape index (κ3) is 3.16. The van der Waals surface area contributed by atoms with Crippen LogP contribution in [0.4, 0.5) is 0 Å². The first kappa shape index (κ1) is 16.2. The predicted octanol–water partition coefficient (Wildman–Crippen LogP) is 1.60. The van der Waals surface area contributed by atoms with E-state index in [-0.39, 0.29) is 23.8 Å². The van der Waals surface area contributed by atoms with E-state index in [0.29, 0.717) is 13.0 Å². The summed E-state index contributed by atoms with van der Waals surface area (Å²) in [5.74, 6) is -0.876. The van der Waals surface area contributed by atoms with Crippen molar-refractivity contribution in [2.24, 2.45) is 5.92 Å². The van der Waals surface area contributed by atoms with Crippen molar-refractivity contribution in [2.75, 3.05) is 12.4 Å². The molecular weight excluding hydrogens is 306 g/mol. The van der Waals surface area contributed by atoms with Gasteiger partial charge in [-0.25, -0.2) is 8.42 Å². The lowest BCUT2D eigenvalue weighted by molar-refractivity contribution is -0.141. The number of nitrogens with zero attached hydrogens (tertiary/aromatic N) is 1. The van der Waals surface area contributed by atoms with Gasteiger partial charge in [0.15, 0.2) is 0 Å². The van der Waals surface area contributed by atoms with Crippen LogP contribution < -0.4 is 0 Å². The second kappa shape index (κ2) is 6.45. The van der Waals surface area contributed by atoms with E-state index >= 15 is 0 Å². The average molecular weight is 331 g/mol. The normalized spacial score (nSPS) is 36.9. The molecule has 4 atom stereocenters. The molecule has 0 amide bonds. The highest BCUT2D eigenvalue weighted by atomic mass is 32.2. The number of carbonyl (C=O) groups is 1. The number of carboxylic acids is 1. The van der Waals surface area contributed by atoms with Gasteiger partial charge in [0.25, 0.3) is 0 Å². The molecule has 3 rings (SSSR count). The summed E-state index contributed by atoms with van der Waals surface area (Å²) in [5.41, 5.74) is 0. The summed E-state index contributed by atoms with van der Waals surface area (Å²) in [7, 11) is -3.60. The third-order valence-corrected chi connectivity index (χ3v) is 7.27. The van der Waals surface area contributed by atoms with Crippen molar-refractivity contribution in [1.29, 1.82) is 0 Å². The van der Waals surface area contributed by atoms with Crippen LogP contribution in [0.15, 0.2) is 0 Å². The molecule has 22 heavy (non-hydrogen) atoms. The summed E-state index contributed by atoms with van der Waals surface area (Å²) in [4.78, 5) is 11.6. The number of ether oxygens (including phenoxy) is 1. The van der Waals surface area contributed by atoms with Crippen LogP contribution in [-0.2, 0) is 19.6 Å². The van der Waals surface area contributed by atoms with Crippen molar-refractivity contribution >= 4 is 16.0 Å². The number of rotatable bonds is 4. The maximum Gasteiger partial charge on any atom is 0.322 e. The SMILES string of the molecule is O=C(O)C1CC2CCCCC2N1S(=O)(=O)CC1CCCCO1. The molecule has 1 N–H and O–H groups in total. The molecule has 0 aromatic rings. The van der Waals surface area contributed by atoms with Crippen LogP contribution in [-0.4, -0.2) is 54.3 Å². The number of fused-ring (bicyclic) bond motifs is 1. The van der Waals surface area contributed by atoms with E-state index in [0.717, 1.165) is 44.9 Å². The molecule has 1 aliphatic carbocycles. The quantitative estimate of drug-likeness (QED) is 0.846. The smallest absolute Gasteiger partial charge is 0.322 e. The molecule has 0 bridgehead atoms. The zero-order chi connectivity index (χ0) is 15.7. The third-order valence-electron chi connectivity index (χ3n) is 5.31. The second-order valence-corrected chi connectivity index (χ2v) is 8.72. The molecule has 1 saturated carbocycles. The van der Waals surface area contributed by atoms with Gasteiger partial charge in [-0.2, -0.15) is 4.31 Å². The van der Waals surface area contributed by atoms with E-state index in [2.05, 4.69) is 0 Å². The van der Waals surface area contributed by atoms with Crippen molar-refractivity contribution in [3.05, 3.63) is 0 Å². The van der Waals surface area contributed by atoms with E-state index in [9.17, 15) is 18.3 Å². The first-order valence-electron chi connectivity index (χ1n) is 8.34. The van der Waals surface area contributed by atoms with Gasteiger partial charge in [0.05, 0.1) is 11.9 Å². The molecule has 0 aromatic carbocycles. The van der Waals surface area contributed by atoms with Gasteiger partial charge in [0, 0.05) is 12.6 Å². The van der Waals surface area contributed by atoms with Crippen LogP contribution in [0.2, 0.25) is 0 Å². The van der Waals surface area contributed by atoms with Gasteiger partial charge in [-0.3, -0.25) is 4.79 Å². The van der Waals surface area contributed by atoms with Gasteiger partial charge in [0.1, 0.15) is 6.04 Å². The molecule has 6 nitrogen and oxygen atoms in total. The minimum absolute atomic E-state index is 0.0694. The molecule has 2 heterocycles. The average Bonchev–Trinajstić information content (AvgIpc) is 2.88. The number of sulfonamides is 1. The van der Waals surface area contributed by atoms with Crippen LogP contribution in [0.25, 0.3) is 0 Å². The molecule has 2 aliphatic heterocycles. The topological polar surface area (TPSA) is 83.9 Å². The zero-order valence-electron chi connectivity index (χ0n) is 12.8. The number of carboxylic acid groups (broad SMARTS) is 1. The van der Waals surface area contributed by atoms with Crippen LogP contribution in [0.3, 0.4) is 0 Å². The van der Waals surface area contributed by atoms with E-state index in [1.807, 2.05) is 0 Å². The Bertz CT molecular complexity index is 514. The van der Waals surface area contributed by atoms with Crippen molar-refractivity contribution in [1.82, 2.24) is 4.31 Å². The molecule has 0 spiro atoms. The Morgan fingerprint density at radius 3 is 2.55 bits per heavy atom. The summed E-state index contributed by atoms with van der Waals surface area (Å²) in [6, 6.07) is -1.01. The lowest BCUT2D eigenvalue weighted by Crippen LogP contribution is -2.49. The van der Waals surface area contributed by atoms with Crippen LogP contribution in [0, 0.1) is 5.92 Å².